The summed E-state index contributed by atoms with van der Waals surface area (Å²) < 4.78 is 2.49. The normalized spacial score (nSPS) is 26.3. The molecule has 1 aliphatic rings. The lowest BCUT2D eigenvalue weighted by atomic mass is 9.94. The standard InChI is InChI=1S/C13H23N3S/c1-3-7-16-8-6-15-12(16)10-11(14)13(2)5-4-9-17-13/h6,8,11H,3-5,7,9-10,14H2,1-2H3. The lowest BCUT2D eigenvalue weighted by molar-refractivity contribution is 0.465. The summed E-state index contributed by atoms with van der Waals surface area (Å²) in [5.74, 6) is 2.40. The molecule has 0 bridgehead atoms. The molecule has 2 heterocycles. The van der Waals surface area contributed by atoms with Crippen molar-refractivity contribution in [3.8, 4) is 0 Å². The number of hydrogen-bond donors (Lipinski definition) is 1. The number of rotatable bonds is 5. The predicted octanol–water partition coefficient (Wildman–Crippen LogP) is 2.45. The van der Waals surface area contributed by atoms with E-state index in [1.54, 1.807) is 0 Å². The number of nitrogens with two attached hydrogens (primary N) is 1. The van der Waals surface area contributed by atoms with Gasteiger partial charge in [0.15, 0.2) is 0 Å². The molecule has 0 spiro atoms. The van der Waals surface area contributed by atoms with Gasteiger partial charge < -0.3 is 10.3 Å². The van der Waals surface area contributed by atoms with Crippen molar-refractivity contribution >= 4 is 11.8 Å². The molecular weight excluding hydrogens is 230 g/mol. The highest BCUT2D eigenvalue weighted by Gasteiger charge is 2.36. The Labute approximate surface area is 108 Å². The van der Waals surface area contributed by atoms with Crippen molar-refractivity contribution in [3.63, 3.8) is 0 Å². The molecule has 0 aliphatic carbocycles. The van der Waals surface area contributed by atoms with Crippen LogP contribution in [-0.4, -0.2) is 26.1 Å². The summed E-state index contributed by atoms with van der Waals surface area (Å²) in [7, 11) is 0. The van der Waals surface area contributed by atoms with Gasteiger partial charge in [-0.3, -0.25) is 0 Å². The van der Waals surface area contributed by atoms with Crippen LogP contribution in [0.2, 0.25) is 0 Å². The van der Waals surface area contributed by atoms with Crippen LogP contribution in [0.5, 0.6) is 0 Å². The van der Waals surface area contributed by atoms with Crippen LogP contribution in [0.4, 0.5) is 0 Å². The van der Waals surface area contributed by atoms with Gasteiger partial charge in [-0.05, 0) is 31.9 Å². The third-order valence-corrected chi connectivity index (χ3v) is 5.36. The molecule has 1 aromatic rings. The Morgan fingerprint density at radius 1 is 1.65 bits per heavy atom. The van der Waals surface area contributed by atoms with Crippen LogP contribution < -0.4 is 5.73 Å². The minimum absolute atomic E-state index is 0.216. The van der Waals surface area contributed by atoms with Crippen LogP contribution in [0, 0.1) is 0 Å². The van der Waals surface area contributed by atoms with E-state index in [2.05, 4.69) is 29.6 Å². The van der Waals surface area contributed by atoms with E-state index in [-0.39, 0.29) is 10.8 Å². The minimum atomic E-state index is 0.216. The Balaban J connectivity index is 2.02. The van der Waals surface area contributed by atoms with Gasteiger partial charge in [-0.25, -0.2) is 4.98 Å². The Bertz CT molecular complexity index is 355. The number of hydrogen-bond acceptors (Lipinski definition) is 3. The summed E-state index contributed by atoms with van der Waals surface area (Å²) in [5, 5.41) is 0. The molecule has 96 valence electrons. The second-order valence-corrected chi connectivity index (χ2v) is 6.74. The number of aromatic nitrogens is 2. The first-order valence-electron chi connectivity index (χ1n) is 6.55. The quantitative estimate of drug-likeness (QED) is 0.876. The molecule has 0 amide bonds. The van der Waals surface area contributed by atoms with Crippen LogP contribution >= 0.6 is 11.8 Å². The molecule has 2 rings (SSSR count). The van der Waals surface area contributed by atoms with Crippen molar-refractivity contribution in [1.29, 1.82) is 0 Å². The molecule has 0 saturated carbocycles. The highest BCUT2D eigenvalue weighted by Crippen LogP contribution is 2.40. The zero-order valence-corrected chi connectivity index (χ0v) is 11.7. The van der Waals surface area contributed by atoms with Gasteiger partial charge in [-0.2, -0.15) is 11.8 Å². The van der Waals surface area contributed by atoms with E-state index in [1.165, 1.54) is 18.6 Å². The number of thioether (sulfide) groups is 1. The molecule has 2 N–H and O–H groups in total. The summed E-state index contributed by atoms with van der Waals surface area (Å²) in [6.45, 7) is 5.55. The third kappa shape index (κ3) is 2.86. The van der Waals surface area contributed by atoms with Gasteiger partial charge in [0.2, 0.25) is 0 Å². The monoisotopic (exact) mass is 253 g/mol. The average Bonchev–Trinajstić information content (AvgIpc) is 2.90. The first-order chi connectivity index (χ1) is 8.15. The molecule has 1 fully saturated rings. The van der Waals surface area contributed by atoms with Crippen molar-refractivity contribution in [2.24, 2.45) is 5.73 Å². The summed E-state index contributed by atoms with van der Waals surface area (Å²) in [4.78, 5) is 4.45. The van der Waals surface area contributed by atoms with Crippen molar-refractivity contribution in [1.82, 2.24) is 9.55 Å². The van der Waals surface area contributed by atoms with E-state index in [0.717, 1.165) is 25.2 Å². The fourth-order valence-corrected chi connectivity index (χ4v) is 3.82. The zero-order chi connectivity index (χ0) is 12.3. The maximum atomic E-state index is 6.40. The van der Waals surface area contributed by atoms with E-state index in [1.807, 2.05) is 18.0 Å². The van der Waals surface area contributed by atoms with Crippen molar-refractivity contribution in [2.75, 3.05) is 5.75 Å². The summed E-state index contributed by atoms with van der Waals surface area (Å²) >= 11 is 2.03. The molecule has 0 aromatic carbocycles. The van der Waals surface area contributed by atoms with E-state index >= 15 is 0 Å². The summed E-state index contributed by atoms with van der Waals surface area (Å²) in [6.07, 6.45) is 8.55. The molecule has 2 unspecified atom stereocenters. The largest absolute Gasteiger partial charge is 0.335 e. The van der Waals surface area contributed by atoms with Crippen LogP contribution in [0.25, 0.3) is 0 Å². The molecule has 2 atom stereocenters. The molecule has 0 radical (unpaired) electrons. The van der Waals surface area contributed by atoms with Gasteiger partial charge in [-0.15, -0.1) is 0 Å². The highest BCUT2D eigenvalue weighted by molar-refractivity contribution is 8.00. The zero-order valence-electron chi connectivity index (χ0n) is 10.9. The van der Waals surface area contributed by atoms with E-state index in [9.17, 15) is 0 Å². The Morgan fingerprint density at radius 2 is 2.47 bits per heavy atom. The molecular formula is C13H23N3S. The van der Waals surface area contributed by atoms with Gasteiger partial charge in [-0.1, -0.05) is 6.92 Å². The van der Waals surface area contributed by atoms with Gasteiger partial charge >= 0.3 is 0 Å². The van der Waals surface area contributed by atoms with Crippen LogP contribution in [0.1, 0.15) is 38.9 Å². The summed E-state index contributed by atoms with van der Waals surface area (Å²) in [5.41, 5.74) is 6.40. The Hall–Kier alpha value is -0.480. The first-order valence-corrected chi connectivity index (χ1v) is 7.54. The lowest BCUT2D eigenvalue weighted by Gasteiger charge is -2.30. The lowest BCUT2D eigenvalue weighted by Crippen LogP contribution is -2.43. The SMILES string of the molecule is CCCn1ccnc1CC(N)C1(C)CCCS1. The Kier molecular flexibility index (Phi) is 4.15. The van der Waals surface area contributed by atoms with Crippen molar-refractivity contribution in [3.05, 3.63) is 18.2 Å². The highest BCUT2D eigenvalue weighted by atomic mass is 32.2. The topological polar surface area (TPSA) is 43.8 Å². The average molecular weight is 253 g/mol. The predicted molar refractivity (Wildman–Crippen MR) is 74.3 cm³/mol. The van der Waals surface area contributed by atoms with E-state index in [0.29, 0.717) is 0 Å². The third-order valence-electron chi connectivity index (χ3n) is 3.70. The van der Waals surface area contributed by atoms with Gasteiger partial charge in [0.05, 0.1) is 0 Å². The second kappa shape index (κ2) is 5.44. The number of imidazole rings is 1. The van der Waals surface area contributed by atoms with Gasteiger partial charge in [0.25, 0.3) is 0 Å². The molecule has 17 heavy (non-hydrogen) atoms. The number of nitrogens with zero attached hydrogens (tertiary/aromatic N) is 2. The van der Waals surface area contributed by atoms with Crippen LogP contribution in [-0.2, 0) is 13.0 Å². The molecule has 1 aromatic heterocycles. The van der Waals surface area contributed by atoms with Crippen LogP contribution in [0.3, 0.4) is 0 Å². The number of aryl methyl sites for hydroxylation is 1. The van der Waals surface area contributed by atoms with E-state index < -0.39 is 0 Å². The fourth-order valence-electron chi connectivity index (χ4n) is 2.48. The molecule has 1 aliphatic heterocycles. The second-order valence-electron chi connectivity index (χ2n) is 5.11. The molecule has 4 heteroatoms. The van der Waals surface area contributed by atoms with Crippen molar-refractivity contribution in [2.45, 2.75) is 56.9 Å². The molecule has 1 saturated heterocycles. The fraction of sp³-hybridized carbons (Fsp3) is 0.769. The summed E-state index contributed by atoms with van der Waals surface area (Å²) in [6, 6.07) is 0.216. The maximum absolute atomic E-state index is 6.40. The van der Waals surface area contributed by atoms with E-state index in [4.69, 9.17) is 5.73 Å². The smallest absolute Gasteiger partial charge is 0.110 e. The minimum Gasteiger partial charge on any atom is -0.335 e. The van der Waals surface area contributed by atoms with Crippen molar-refractivity contribution < 1.29 is 0 Å². The Morgan fingerprint density at radius 3 is 3.12 bits per heavy atom. The maximum Gasteiger partial charge on any atom is 0.110 e. The van der Waals surface area contributed by atoms with Gasteiger partial charge in [0.1, 0.15) is 5.82 Å². The van der Waals surface area contributed by atoms with Gasteiger partial charge in [0, 0.05) is 36.1 Å². The molecule has 3 nitrogen and oxygen atoms in total. The van der Waals surface area contributed by atoms with Crippen LogP contribution in [0.15, 0.2) is 12.4 Å². The first kappa shape index (κ1) is 13.0.